The van der Waals surface area contributed by atoms with E-state index in [1.54, 1.807) is 24.3 Å². The maximum Gasteiger partial charge on any atom is 0.259 e. The van der Waals surface area contributed by atoms with E-state index in [9.17, 15) is 9.70 Å². The fraction of sp³-hybridized carbons (Fsp3) is 0.182. The van der Waals surface area contributed by atoms with Crippen molar-refractivity contribution in [3.8, 4) is 0 Å². The molecule has 2 heterocycles. The molecule has 0 amide bonds. The molecular weight excluding hydrogens is 284 g/mol. The zero-order valence-corrected chi connectivity index (χ0v) is 11.0. The van der Waals surface area contributed by atoms with Crippen LogP contribution < -0.4 is 5.53 Å². The molecule has 0 unspecified atom stereocenters. The number of ketones is 1. The molecule has 0 aromatic rings. The minimum absolute atomic E-state index is 0.0750. The SMILES string of the molecule is O=C1/C=C/C=C\S[N+](=O)NN=N/C=C/C=C\C2(C1)OO2. The van der Waals surface area contributed by atoms with E-state index in [2.05, 4.69) is 15.9 Å². The Morgan fingerprint density at radius 3 is 2.95 bits per heavy atom. The van der Waals surface area contributed by atoms with Crippen molar-refractivity contribution in [2.75, 3.05) is 0 Å². The first-order chi connectivity index (χ1) is 9.70. The number of rotatable bonds is 0. The van der Waals surface area contributed by atoms with Gasteiger partial charge < -0.3 is 0 Å². The molecule has 1 spiro atoms. The number of hydrogen-bond donors (Lipinski definition) is 1. The third-order valence-corrected chi connectivity index (χ3v) is 2.70. The van der Waals surface area contributed by atoms with Crippen LogP contribution in [0.5, 0.6) is 0 Å². The Morgan fingerprint density at radius 2 is 2.15 bits per heavy atom. The van der Waals surface area contributed by atoms with E-state index >= 15 is 0 Å². The van der Waals surface area contributed by atoms with Crippen molar-refractivity contribution >= 4 is 17.7 Å². The van der Waals surface area contributed by atoms with Crippen LogP contribution in [0.15, 0.2) is 58.4 Å². The third kappa shape index (κ3) is 4.88. The Hall–Kier alpha value is -2.10. The number of nitrogens with zero attached hydrogens (tertiary/aromatic N) is 3. The number of allylic oxidation sites excluding steroid dienone is 5. The molecule has 0 aliphatic carbocycles. The second-order valence-corrected chi connectivity index (χ2v) is 4.50. The minimum Gasteiger partial charge on any atom is -0.295 e. The summed E-state index contributed by atoms with van der Waals surface area (Å²) in [7, 11) is 0. The highest BCUT2D eigenvalue weighted by molar-refractivity contribution is 7.96. The Kier molecular flexibility index (Phi) is 4.93. The first kappa shape index (κ1) is 14.3. The number of nitroso groups, excluding NO2 is 1. The maximum absolute atomic E-state index is 11.6. The Labute approximate surface area is 118 Å². The monoisotopic (exact) mass is 295 g/mol. The molecule has 0 atom stereocenters. The topological polar surface area (TPSA) is 99.0 Å². The van der Waals surface area contributed by atoms with Crippen molar-refractivity contribution in [2.45, 2.75) is 12.2 Å². The molecule has 0 aromatic heterocycles. The van der Waals surface area contributed by atoms with Crippen LogP contribution in [-0.2, 0) is 14.6 Å². The quantitative estimate of drug-likeness (QED) is 0.318. The molecule has 1 fully saturated rings. The second kappa shape index (κ2) is 6.89. The molecule has 2 rings (SSSR count). The lowest BCUT2D eigenvalue weighted by molar-refractivity contribution is -0.444. The Bertz CT molecular complexity index is 535. The van der Waals surface area contributed by atoms with E-state index in [1.165, 1.54) is 23.8 Å². The van der Waals surface area contributed by atoms with E-state index in [1.807, 2.05) is 0 Å². The highest BCUT2D eigenvalue weighted by Crippen LogP contribution is 2.35. The summed E-state index contributed by atoms with van der Waals surface area (Å²) >= 11 is 0.808. The zero-order chi connectivity index (χ0) is 14.3. The molecule has 2 aliphatic rings. The Morgan fingerprint density at radius 1 is 1.30 bits per heavy atom. The van der Waals surface area contributed by atoms with Crippen LogP contribution in [0.25, 0.3) is 0 Å². The third-order valence-electron chi connectivity index (χ3n) is 2.14. The normalized spacial score (nSPS) is 28.6. The molecule has 2 aliphatic heterocycles. The maximum atomic E-state index is 11.6. The van der Waals surface area contributed by atoms with E-state index in [0.29, 0.717) is 4.27 Å². The van der Waals surface area contributed by atoms with Crippen molar-refractivity contribution in [1.29, 1.82) is 0 Å². The van der Waals surface area contributed by atoms with Gasteiger partial charge in [0.2, 0.25) is 0 Å². The number of nitrogens with one attached hydrogen (secondary N) is 1. The van der Waals surface area contributed by atoms with Gasteiger partial charge in [-0.2, -0.15) is 9.78 Å². The molecule has 0 aromatic carbocycles. The average molecular weight is 295 g/mol. The molecule has 104 valence electrons. The fourth-order valence-electron chi connectivity index (χ4n) is 1.24. The summed E-state index contributed by atoms with van der Waals surface area (Å²) in [6, 6.07) is 0. The summed E-state index contributed by atoms with van der Waals surface area (Å²) in [5.41, 5.74) is 2.13. The zero-order valence-electron chi connectivity index (χ0n) is 10.2. The van der Waals surface area contributed by atoms with Gasteiger partial charge in [0.15, 0.2) is 23.0 Å². The predicted molar refractivity (Wildman–Crippen MR) is 70.3 cm³/mol. The lowest BCUT2D eigenvalue weighted by atomic mass is 10.1. The van der Waals surface area contributed by atoms with Gasteiger partial charge in [0.05, 0.1) is 12.6 Å². The van der Waals surface area contributed by atoms with Crippen LogP contribution in [0.4, 0.5) is 0 Å². The summed E-state index contributed by atoms with van der Waals surface area (Å²) in [4.78, 5) is 32.4. The first-order valence-corrected chi connectivity index (χ1v) is 6.41. The number of hydrazine groups is 1. The summed E-state index contributed by atoms with van der Waals surface area (Å²) in [6.07, 6.45) is 10.7. The number of carbonyl (C=O) groups excluding carboxylic acids is 1. The minimum atomic E-state index is -0.984. The van der Waals surface area contributed by atoms with E-state index in [4.69, 9.17) is 9.78 Å². The lowest BCUT2D eigenvalue weighted by Gasteiger charge is -1.96. The second-order valence-electron chi connectivity index (χ2n) is 3.69. The van der Waals surface area contributed by atoms with Crippen LogP contribution in [0.3, 0.4) is 0 Å². The average Bonchev–Trinajstić information content (AvgIpc) is 3.16. The van der Waals surface area contributed by atoms with Gasteiger partial charge >= 0.3 is 0 Å². The smallest absolute Gasteiger partial charge is 0.259 e. The van der Waals surface area contributed by atoms with Gasteiger partial charge in [0, 0.05) is 10.9 Å². The van der Waals surface area contributed by atoms with Gasteiger partial charge in [-0.3, -0.25) is 4.79 Å². The first-order valence-electron chi connectivity index (χ1n) is 5.57. The lowest BCUT2D eigenvalue weighted by Crippen LogP contribution is -2.12. The van der Waals surface area contributed by atoms with Gasteiger partial charge in [-0.1, -0.05) is 18.2 Å². The predicted octanol–water partition coefficient (Wildman–Crippen LogP) is 2.06. The van der Waals surface area contributed by atoms with Gasteiger partial charge in [-0.05, 0) is 28.2 Å². The van der Waals surface area contributed by atoms with Gasteiger partial charge in [-0.25, -0.2) is 0 Å². The number of carbonyl (C=O) groups is 1. The van der Waals surface area contributed by atoms with Crippen molar-refractivity contribution in [3.63, 3.8) is 0 Å². The van der Waals surface area contributed by atoms with Gasteiger partial charge in [0.25, 0.3) is 5.79 Å². The molecule has 20 heavy (non-hydrogen) atoms. The van der Waals surface area contributed by atoms with Gasteiger partial charge in [0.1, 0.15) is 4.27 Å². The van der Waals surface area contributed by atoms with Crippen LogP contribution in [0, 0.1) is 4.91 Å². The molecule has 0 saturated carbocycles. The van der Waals surface area contributed by atoms with Gasteiger partial charge in [-0.15, -0.1) is 0 Å². The summed E-state index contributed by atoms with van der Waals surface area (Å²) in [5, 5.41) is 8.49. The summed E-state index contributed by atoms with van der Waals surface area (Å²) in [6.45, 7) is 0. The Balaban J connectivity index is 2.06. The highest BCUT2D eigenvalue weighted by Gasteiger charge is 2.47. The van der Waals surface area contributed by atoms with E-state index in [-0.39, 0.29) is 12.2 Å². The number of hydrogen-bond acceptors (Lipinski definition) is 7. The summed E-state index contributed by atoms with van der Waals surface area (Å²) < 4.78 is 0.409. The molecule has 9 heteroatoms. The van der Waals surface area contributed by atoms with E-state index < -0.39 is 5.79 Å². The molecule has 1 saturated heterocycles. The van der Waals surface area contributed by atoms with Crippen LogP contribution in [0.1, 0.15) is 6.42 Å². The van der Waals surface area contributed by atoms with Crippen LogP contribution >= 0.6 is 11.9 Å². The molecule has 0 bridgehead atoms. The molecular formula is C11H11N4O4S+. The van der Waals surface area contributed by atoms with E-state index in [0.717, 1.165) is 11.9 Å². The van der Waals surface area contributed by atoms with Crippen molar-refractivity contribution < 1.29 is 18.8 Å². The largest absolute Gasteiger partial charge is 0.295 e. The van der Waals surface area contributed by atoms with Crippen molar-refractivity contribution in [3.05, 3.63) is 53.0 Å². The molecule has 1 N–H and O–H groups in total. The highest BCUT2D eigenvalue weighted by atomic mass is 32.2. The standard InChI is InChI=1S/C11H11N4O4S/c16-10-5-1-4-8-20-15(17)14-13-12-7-3-2-6-11(9-10)18-19-11/h1-8H,9H2,(H,12,14,17)/q+1/b5-1+,6-2-,7-3+,8-4-. The summed E-state index contributed by atoms with van der Waals surface area (Å²) in [5.74, 6) is -1.14. The molecule has 8 nitrogen and oxygen atoms in total. The van der Waals surface area contributed by atoms with Crippen molar-refractivity contribution in [2.24, 2.45) is 10.3 Å². The fourth-order valence-corrected chi connectivity index (χ4v) is 1.59. The molecule has 0 radical (unpaired) electrons. The van der Waals surface area contributed by atoms with Crippen LogP contribution in [-0.4, -0.2) is 15.8 Å². The van der Waals surface area contributed by atoms with Crippen molar-refractivity contribution in [1.82, 2.24) is 5.53 Å². The van der Waals surface area contributed by atoms with Crippen LogP contribution in [0.2, 0.25) is 0 Å².